The average Bonchev–Trinajstić information content (AvgIpc) is 2.50. The first-order chi connectivity index (χ1) is 10.1. The number of rotatable bonds is 3. The first-order valence-electron chi connectivity index (χ1n) is 8.07. The van der Waals surface area contributed by atoms with Gasteiger partial charge in [-0.05, 0) is 37.3 Å². The van der Waals surface area contributed by atoms with E-state index in [1.54, 1.807) is 6.07 Å². The summed E-state index contributed by atoms with van der Waals surface area (Å²) in [6, 6.07) is 3.80. The van der Waals surface area contributed by atoms with Crippen LogP contribution in [0.5, 0.6) is 0 Å². The van der Waals surface area contributed by atoms with Gasteiger partial charge < -0.3 is 10.6 Å². The molecule has 3 unspecified atom stereocenters. The summed E-state index contributed by atoms with van der Waals surface area (Å²) < 4.78 is 27.1. The summed E-state index contributed by atoms with van der Waals surface area (Å²) in [6.07, 6.45) is 6.60. The van der Waals surface area contributed by atoms with Crippen molar-refractivity contribution in [1.29, 1.82) is 0 Å². The lowest BCUT2D eigenvalue weighted by molar-refractivity contribution is 0.0825. The minimum absolute atomic E-state index is 0.292. The summed E-state index contributed by atoms with van der Waals surface area (Å²) in [5, 5.41) is 0. The SMILES string of the molecule is NC(CN1CCC2CCCCC2C1)c1cccc(F)c1F. The molecule has 1 aliphatic carbocycles. The van der Waals surface area contributed by atoms with Gasteiger partial charge in [0.1, 0.15) is 0 Å². The second-order valence-electron chi connectivity index (χ2n) is 6.60. The zero-order valence-corrected chi connectivity index (χ0v) is 12.4. The van der Waals surface area contributed by atoms with E-state index in [1.165, 1.54) is 38.2 Å². The van der Waals surface area contributed by atoms with Crippen LogP contribution in [0.25, 0.3) is 0 Å². The van der Waals surface area contributed by atoms with Crippen LogP contribution in [0.1, 0.15) is 43.7 Å². The van der Waals surface area contributed by atoms with Gasteiger partial charge in [-0.3, -0.25) is 0 Å². The monoisotopic (exact) mass is 294 g/mol. The Morgan fingerprint density at radius 1 is 1.14 bits per heavy atom. The minimum Gasteiger partial charge on any atom is -0.323 e. The van der Waals surface area contributed by atoms with Gasteiger partial charge >= 0.3 is 0 Å². The van der Waals surface area contributed by atoms with Crippen molar-refractivity contribution in [2.75, 3.05) is 19.6 Å². The predicted octanol–water partition coefficient (Wildman–Crippen LogP) is 3.48. The van der Waals surface area contributed by atoms with Gasteiger partial charge in [0.2, 0.25) is 0 Å². The normalized spacial score (nSPS) is 28.1. The molecule has 1 heterocycles. The Bertz CT molecular complexity index is 492. The van der Waals surface area contributed by atoms with Gasteiger partial charge in [0.05, 0.1) is 0 Å². The molecule has 116 valence electrons. The van der Waals surface area contributed by atoms with E-state index in [2.05, 4.69) is 4.90 Å². The van der Waals surface area contributed by atoms with E-state index in [9.17, 15) is 8.78 Å². The Morgan fingerprint density at radius 3 is 2.71 bits per heavy atom. The number of fused-ring (bicyclic) bond motifs is 1. The minimum atomic E-state index is -0.811. The third-order valence-corrected chi connectivity index (χ3v) is 5.21. The molecule has 0 bridgehead atoms. The lowest BCUT2D eigenvalue weighted by Gasteiger charge is -2.42. The standard InChI is InChI=1S/C17H24F2N2/c18-15-7-3-6-14(17(15)19)16(20)11-21-9-8-12-4-1-2-5-13(12)10-21/h3,6-7,12-13,16H,1-2,4-5,8-11,20H2. The van der Waals surface area contributed by atoms with Crippen LogP contribution in [0, 0.1) is 23.5 Å². The Labute approximate surface area is 125 Å². The van der Waals surface area contributed by atoms with Crippen LogP contribution in [0.4, 0.5) is 8.78 Å². The van der Waals surface area contributed by atoms with Crippen LogP contribution in [0.2, 0.25) is 0 Å². The van der Waals surface area contributed by atoms with Crippen LogP contribution in [-0.2, 0) is 0 Å². The molecular formula is C17H24F2N2. The second-order valence-corrected chi connectivity index (χ2v) is 6.60. The molecular weight excluding hydrogens is 270 g/mol. The molecule has 2 fully saturated rings. The van der Waals surface area contributed by atoms with E-state index in [-0.39, 0.29) is 0 Å². The Balaban J connectivity index is 1.62. The molecule has 3 atom stereocenters. The van der Waals surface area contributed by atoms with Crippen molar-refractivity contribution in [2.24, 2.45) is 17.6 Å². The van der Waals surface area contributed by atoms with E-state index in [1.807, 2.05) is 0 Å². The predicted molar refractivity (Wildman–Crippen MR) is 79.8 cm³/mol. The van der Waals surface area contributed by atoms with Crippen molar-refractivity contribution in [3.63, 3.8) is 0 Å². The highest BCUT2D eigenvalue weighted by molar-refractivity contribution is 5.22. The van der Waals surface area contributed by atoms with Crippen LogP contribution in [0.3, 0.4) is 0 Å². The van der Waals surface area contributed by atoms with Gasteiger partial charge in [-0.1, -0.05) is 31.4 Å². The van der Waals surface area contributed by atoms with Gasteiger partial charge in [0.15, 0.2) is 11.6 Å². The Morgan fingerprint density at radius 2 is 1.90 bits per heavy atom. The van der Waals surface area contributed by atoms with Crippen molar-refractivity contribution in [3.05, 3.63) is 35.4 Å². The maximum absolute atomic E-state index is 13.8. The number of benzene rings is 1. The van der Waals surface area contributed by atoms with Crippen molar-refractivity contribution in [2.45, 2.75) is 38.1 Å². The largest absolute Gasteiger partial charge is 0.323 e. The van der Waals surface area contributed by atoms with Crippen molar-refractivity contribution >= 4 is 0 Å². The number of hydrogen-bond donors (Lipinski definition) is 1. The lowest BCUT2D eigenvalue weighted by atomic mass is 9.75. The Kier molecular flexibility index (Phi) is 4.55. The molecule has 2 N–H and O–H groups in total. The maximum atomic E-state index is 13.8. The van der Waals surface area contributed by atoms with Crippen LogP contribution >= 0.6 is 0 Å². The fourth-order valence-electron chi connectivity index (χ4n) is 4.03. The van der Waals surface area contributed by atoms with E-state index in [4.69, 9.17) is 5.73 Å². The smallest absolute Gasteiger partial charge is 0.163 e. The first-order valence-corrected chi connectivity index (χ1v) is 8.07. The quantitative estimate of drug-likeness (QED) is 0.925. The molecule has 21 heavy (non-hydrogen) atoms. The van der Waals surface area contributed by atoms with E-state index < -0.39 is 17.7 Å². The van der Waals surface area contributed by atoms with Gasteiger partial charge in [0, 0.05) is 24.7 Å². The molecule has 2 nitrogen and oxygen atoms in total. The van der Waals surface area contributed by atoms with E-state index in [0.29, 0.717) is 12.1 Å². The first kappa shape index (κ1) is 14.9. The van der Waals surface area contributed by atoms with Gasteiger partial charge in [0.25, 0.3) is 0 Å². The second kappa shape index (κ2) is 6.41. The van der Waals surface area contributed by atoms with E-state index in [0.717, 1.165) is 31.0 Å². The fraction of sp³-hybridized carbons (Fsp3) is 0.647. The number of nitrogens with two attached hydrogens (primary N) is 1. The topological polar surface area (TPSA) is 29.3 Å². The average molecular weight is 294 g/mol. The van der Waals surface area contributed by atoms with Crippen LogP contribution < -0.4 is 5.73 Å². The van der Waals surface area contributed by atoms with Crippen molar-refractivity contribution in [1.82, 2.24) is 4.90 Å². The van der Waals surface area contributed by atoms with Crippen LogP contribution in [0.15, 0.2) is 18.2 Å². The number of halogens is 2. The van der Waals surface area contributed by atoms with Crippen molar-refractivity contribution < 1.29 is 8.78 Å². The summed E-state index contributed by atoms with van der Waals surface area (Å²) >= 11 is 0. The summed E-state index contributed by atoms with van der Waals surface area (Å²) in [5.41, 5.74) is 6.41. The number of piperidine rings is 1. The fourth-order valence-corrected chi connectivity index (χ4v) is 4.03. The third kappa shape index (κ3) is 3.27. The Hall–Kier alpha value is -1.00. The van der Waals surface area contributed by atoms with Gasteiger partial charge in [-0.15, -0.1) is 0 Å². The van der Waals surface area contributed by atoms with Gasteiger partial charge in [-0.2, -0.15) is 0 Å². The summed E-state index contributed by atoms with van der Waals surface area (Å²) in [7, 11) is 0. The summed E-state index contributed by atoms with van der Waals surface area (Å²) in [4.78, 5) is 2.33. The van der Waals surface area contributed by atoms with Crippen molar-refractivity contribution in [3.8, 4) is 0 Å². The van der Waals surface area contributed by atoms with Gasteiger partial charge in [-0.25, -0.2) is 8.78 Å². The van der Waals surface area contributed by atoms with E-state index >= 15 is 0 Å². The summed E-state index contributed by atoms with van der Waals surface area (Å²) in [6.45, 7) is 2.71. The number of likely N-dealkylation sites (tertiary alicyclic amines) is 1. The number of nitrogens with zero attached hydrogens (tertiary/aromatic N) is 1. The molecule has 1 saturated carbocycles. The summed E-state index contributed by atoms with van der Waals surface area (Å²) in [5.74, 6) is 0.0423. The molecule has 0 amide bonds. The highest BCUT2D eigenvalue weighted by atomic mass is 19.2. The molecule has 1 aliphatic heterocycles. The molecule has 1 aromatic carbocycles. The zero-order valence-electron chi connectivity index (χ0n) is 12.4. The maximum Gasteiger partial charge on any atom is 0.163 e. The number of hydrogen-bond acceptors (Lipinski definition) is 2. The molecule has 0 radical (unpaired) electrons. The molecule has 1 saturated heterocycles. The molecule has 0 spiro atoms. The molecule has 4 heteroatoms. The zero-order chi connectivity index (χ0) is 14.8. The molecule has 3 rings (SSSR count). The molecule has 1 aromatic rings. The highest BCUT2D eigenvalue weighted by Crippen LogP contribution is 2.36. The molecule has 0 aromatic heterocycles. The highest BCUT2D eigenvalue weighted by Gasteiger charge is 2.31. The lowest BCUT2D eigenvalue weighted by Crippen LogP contribution is -2.44. The third-order valence-electron chi connectivity index (χ3n) is 5.21. The van der Waals surface area contributed by atoms with Crippen LogP contribution in [-0.4, -0.2) is 24.5 Å². The molecule has 2 aliphatic rings.